The second kappa shape index (κ2) is 7.10. The zero-order chi connectivity index (χ0) is 12.8. The van der Waals surface area contributed by atoms with Gasteiger partial charge in [-0.2, -0.15) is 0 Å². The Morgan fingerprint density at radius 2 is 1.94 bits per heavy atom. The summed E-state index contributed by atoms with van der Waals surface area (Å²) in [7, 11) is 1.96. The molecule has 0 bridgehead atoms. The molecule has 1 saturated carbocycles. The fraction of sp³-hybridized carbons (Fsp3) is 0.929. The standard InChI is InChI=1S/C14H27N3O/c1-16(10-11-17-8-6-15-7-9-17)14(18)12-13-4-2-3-5-13/h13,15H,2-12H2,1H3. The Balaban J connectivity index is 1.63. The Morgan fingerprint density at radius 3 is 2.61 bits per heavy atom. The van der Waals surface area contributed by atoms with Crippen LogP contribution >= 0.6 is 0 Å². The number of carbonyl (C=O) groups is 1. The Morgan fingerprint density at radius 1 is 1.28 bits per heavy atom. The number of amides is 1. The van der Waals surface area contributed by atoms with Crippen LogP contribution in [0.5, 0.6) is 0 Å². The number of nitrogens with zero attached hydrogens (tertiary/aromatic N) is 2. The molecule has 4 nitrogen and oxygen atoms in total. The number of piperazine rings is 1. The first-order valence-corrected chi connectivity index (χ1v) is 7.43. The van der Waals surface area contributed by atoms with Gasteiger partial charge in [-0.1, -0.05) is 12.8 Å². The van der Waals surface area contributed by atoms with E-state index in [9.17, 15) is 4.79 Å². The highest BCUT2D eigenvalue weighted by Gasteiger charge is 2.20. The van der Waals surface area contributed by atoms with Crippen molar-refractivity contribution in [2.45, 2.75) is 32.1 Å². The number of carbonyl (C=O) groups excluding carboxylic acids is 1. The van der Waals surface area contributed by atoms with Crippen LogP contribution in [0.15, 0.2) is 0 Å². The summed E-state index contributed by atoms with van der Waals surface area (Å²) in [5, 5.41) is 3.35. The molecule has 2 rings (SSSR count). The number of nitrogens with one attached hydrogen (secondary N) is 1. The van der Waals surface area contributed by atoms with Crippen molar-refractivity contribution in [1.29, 1.82) is 0 Å². The topological polar surface area (TPSA) is 35.6 Å². The van der Waals surface area contributed by atoms with Crippen LogP contribution in [-0.2, 0) is 4.79 Å². The molecule has 1 aliphatic heterocycles. The first kappa shape index (κ1) is 13.8. The van der Waals surface area contributed by atoms with Gasteiger partial charge >= 0.3 is 0 Å². The molecule has 2 aliphatic rings. The van der Waals surface area contributed by atoms with E-state index in [1.165, 1.54) is 25.7 Å². The maximum atomic E-state index is 12.1. The second-order valence-corrected chi connectivity index (χ2v) is 5.76. The Hall–Kier alpha value is -0.610. The van der Waals surface area contributed by atoms with Crippen LogP contribution in [0.2, 0.25) is 0 Å². The molecular formula is C14H27N3O. The fourth-order valence-corrected chi connectivity index (χ4v) is 2.97. The maximum absolute atomic E-state index is 12.1. The van der Waals surface area contributed by atoms with Gasteiger partial charge in [-0.3, -0.25) is 9.69 Å². The van der Waals surface area contributed by atoms with Crippen molar-refractivity contribution >= 4 is 5.91 Å². The van der Waals surface area contributed by atoms with E-state index in [1.807, 2.05) is 11.9 Å². The lowest BCUT2D eigenvalue weighted by Crippen LogP contribution is -2.46. The lowest BCUT2D eigenvalue weighted by Gasteiger charge is -2.29. The van der Waals surface area contributed by atoms with E-state index >= 15 is 0 Å². The van der Waals surface area contributed by atoms with Gasteiger partial charge in [0.1, 0.15) is 0 Å². The summed E-state index contributed by atoms with van der Waals surface area (Å²) in [6.45, 7) is 6.30. The number of hydrogen-bond acceptors (Lipinski definition) is 3. The molecular weight excluding hydrogens is 226 g/mol. The minimum atomic E-state index is 0.344. The van der Waals surface area contributed by atoms with E-state index < -0.39 is 0 Å². The summed E-state index contributed by atoms with van der Waals surface area (Å²) >= 11 is 0. The molecule has 0 aromatic heterocycles. The molecule has 1 aliphatic carbocycles. The van der Waals surface area contributed by atoms with Crippen molar-refractivity contribution in [3.05, 3.63) is 0 Å². The average molecular weight is 253 g/mol. The van der Waals surface area contributed by atoms with Gasteiger partial charge in [-0.05, 0) is 18.8 Å². The van der Waals surface area contributed by atoms with Crippen molar-refractivity contribution in [1.82, 2.24) is 15.1 Å². The Labute approximate surface area is 111 Å². The molecule has 18 heavy (non-hydrogen) atoms. The zero-order valence-corrected chi connectivity index (χ0v) is 11.7. The molecule has 1 amide bonds. The van der Waals surface area contributed by atoms with Gasteiger partial charge in [-0.15, -0.1) is 0 Å². The molecule has 1 heterocycles. The first-order valence-electron chi connectivity index (χ1n) is 7.43. The SMILES string of the molecule is CN(CCN1CCNCC1)C(=O)CC1CCCC1. The summed E-state index contributed by atoms with van der Waals surface area (Å²) in [5.41, 5.74) is 0. The molecule has 0 atom stereocenters. The van der Waals surface area contributed by atoms with E-state index in [1.54, 1.807) is 0 Å². The molecule has 104 valence electrons. The van der Waals surface area contributed by atoms with Crippen molar-refractivity contribution in [2.24, 2.45) is 5.92 Å². The zero-order valence-electron chi connectivity index (χ0n) is 11.7. The van der Waals surface area contributed by atoms with Crippen LogP contribution in [0, 0.1) is 5.92 Å². The van der Waals surface area contributed by atoms with E-state index in [4.69, 9.17) is 0 Å². The number of likely N-dealkylation sites (N-methyl/N-ethyl adjacent to an activating group) is 1. The first-order chi connectivity index (χ1) is 8.75. The van der Waals surface area contributed by atoms with Gasteiger partial charge in [-0.25, -0.2) is 0 Å². The van der Waals surface area contributed by atoms with Gasteiger partial charge in [0, 0.05) is 52.7 Å². The average Bonchev–Trinajstić information content (AvgIpc) is 2.90. The van der Waals surface area contributed by atoms with E-state index in [2.05, 4.69) is 10.2 Å². The molecule has 0 aromatic carbocycles. The van der Waals surface area contributed by atoms with Crippen molar-refractivity contribution in [2.75, 3.05) is 46.3 Å². The summed E-state index contributed by atoms with van der Waals surface area (Å²) in [4.78, 5) is 16.4. The van der Waals surface area contributed by atoms with Crippen molar-refractivity contribution < 1.29 is 4.79 Å². The van der Waals surface area contributed by atoms with Gasteiger partial charge in [0.2, 0.25) is 5.91 Å². The molecule has 4 heteroatoms. The van der Waals surface area contributed by atoms with E-state index in [0.717, 1.165) is 45.7 Å². The van der Waals surface area contributed by atoms with Crippen molar-refractivity contribution in [3.63, 3.8) is 0 Å². The summed E-state index contributed by atoms with van der Waals surface area (Å²) in [5.74, 6) is 1.01. The summed E-state index contributed by atoms with van der Waals surface area (Å²) in [6.07, 6.45) is 5.94. The van der Waals surface area contributed by atoms with E-state index in [0.29, 0.717) is 11.8 Å². The van der Waals surface area contributed by atoms with Crippen LogP contribution in [0.4, 0.5) is 0 Å². The molecule has 0 unspecified atom stereocenters. The largest absolute Gasteiger partial charge is 0.344 e. The quantitative estimate of drug-likeness (QED) is 0.792. The third-order valence-corrected chi connectivity index (χ3v) is 4.33. The molecule has 0 aromatic rings. The number of hydrogen-bond donors (Lipinski definition) is 1. The van der Waals surface area contributed by atoms with Crippen LogP contribution in [0.1, 0.15) is 32.1 Å². The molecule has 2 fully saturated rings. The van der Waals surface area contributed by atoms with Gasteiger partial charge < -0.3 is 10.2 Å². The summed E-state index contributed by atoms with van der Waals surface area (Å²) < 4.78 is 0. The second-order valence-electron chi connectivity index (χ2n) is 5.76. The molecule has 1 saturated heterocycles. The monoisotopic (exact) mass is 253 g/mol. The van der Waals surface area contributed by atoms with Gasteiger partial charge in [0.25, 0.3) is 0 Å². The van der Waals surface area contributed by atoms with Gasteiger partial charge in [0.15, 0.2) is 0 Å². The summed E-state index contributed by atoms with van der Waals surface area (Å²) in [6, 6.07) is 0. The maximum Gasteiger partial charge on any atom is 0.222 e. The minimum absolute atomic E-state index is 0.344. The lowest BCUT2D eigenvalue weighted by molar-refractivity contribution is -0.131. The van der Waals surface area contributed by atoms with Crippen LogP contribution in [0.25, 0.3) is 0 Å². The van der Waals surface area contributed by atoms with Crippen LogP contribution in [0.3, 0.4) is 0 Å². The molecule has 0 radical (unpaired) electrons. The predicted molar refractivity (Wildman–Crippen MR) is 73.5 cm³/mol. The highest BCUT2D eigenvalue weighted by atomic mass is 16.2. The highest BCUT2D eigenvalue weighted by molar-refractivity contribution is 5.76. The van der Waals surface area contributed by atoms with E-state index in [-0.39, 0.29) is 0 Å². The predicted octanol–water partition coefficient (Wildman–Crippen LogP) is 0.930. The Bertz CT molecular complexity index is 258. The van der Waals surface area contributed by atoms with Gasteiger partial charge in [0.05, 0.1) is 0 Å². The van der Waals surface area contributed by atoms with Crippen LogP contribution in [-0.4, -0.2) is 62.0 Å². The minimum Gasteiger partial charge on any atom is -0.344 e. The number of rotatable bonds is 5. The van der Waals surface area contributed by atoms with Crippen molar-refractivity contribution in [3.8, 4) is 0 Å². The lowest BCUT2D eigenvalue weighted by atomic mass is 10.0. The smallest absolute Gasteiger partial charge is 0.222 e. The molecule has 0 spiro atoms. The normalized spacial score (nSPS) is 22.3. The molecule has 1 N–H and O–H groups in total. The van der Waals surface area contributed by atoms with Crippen LogP contribution < -0.4 is 5.32 Å². The fourth-order valence-electron chi connectivity index (χ4n) is 2.97. The highest BCUT2D eigenvalue weighted by Crippen LogP contribution is 2.27. The third kappa shape index (κ3) is 4.25. The third-order valence-electron chi connectivity index (χ3n) is 4.33. The Kier molecular flexibility index (Phi) is 5.45.